The average Bonchev–Trinajstić information content (AvgIpc) is 2.23. The van der Waals surface area contributed by atoms with Crippen LogP contribution in [0.1, 0.15) is 15.9 Å². The van der Waals surface area contributed by atoms with Crippen LogP contribution in [0.2, 0.25) is 0 Å². The maximum Gasteiger partial charge on any atom is 0.248 e. The van der Waals surface area contributed by atoms with E-state index in [0.29, 0.717) is 0 Å². The standard InChI is InChI=1S/C10H12ClFN2O3S/c1-6-8(12)4-7(10(13)15)5-9(6)14-18(16,17)3-2-11/h4-5,14H,2-3H2,1H3,(H2,13,15). The maximum absolute atomic E-state index is 13.5. The number of halogens is 2. The number of hydrogen-bond acceptors (Lipinski definition) is 3. The van der Waals surface area contributed by atoms with Gasteiger partial charge in [0.1, 0.15) is 5.82 Å². The predicted molar refractivity (Wildman–Crippen MR) is 67.8 cm³/mol. The Morgan fingerprint density at radius 2 is 2.11 bits per heavy atom. The molecule has 0 heterocycles. The summed E-state index contributed by atoms with van der Waals surface area (Å²) in [6.45, 7) is 1.39. The average molecular weight is 295 g/mol. The zero-order chi connectivity index (χ0) is 13.9. The Bertz CT molecular complexity index is 575. The highest BCUT2D eigenvalue weighted by Crippen LogP contribution is 2.21. The van der Waals surface area contributed by atoms with E-state index in [4.69, 9.17) is 17.3 Å². The molecule has 0 radical (unpaired) electrons. The van der Waals surface area contributed by atoms with Gasteiger partial charge in [-0.1, -0.05) is 0 Å². The van der Waals surface area contributed by atoms with E-state index in [1.54, 1.807) is 0 Å². The van der Waals surface area contributed by atoms with Crippen molar-refractivity contribution in [2.75, 3.05) is 16.4 Å². The molecule has 3 N–H and O–H groups in total. The molecular weight excluding hydrogens is 283 g/mol. The number of primary amides is 1. The topological polar surface area (TPSA) is 89.3 Å². The molecule has 18 heavy (non-hydrogen) atoms. The third-order valence-corrected chi connectivity index (χ3v) is 3.93. The second kappa shape index (κ2) is 5.53. The smallest absolute Gasteiger partial charge is 0.248 e. The van der Waals surface area contributed by atoms with Gasteiger partial charge in [0, 0.05) is 17.0 Å². The second-order valence-corrected chi connectivity index (χ2v) is 5.82. The second-order valence-electron chi connectivity index (χ2n) is 3.60. The van der Waals surface area contributed by atoms with Gasteiger partial charge < -0.3 is 5.73 Å². The summed E-state index contributed by atoms with van der Waals surface area (Å²) in [5, 5.41) is 0. The molecule has 0 aliphatic carbocycles. The molecular formula is C10H12ClFN2O3S. The molecule has 5 nitrogen and oxygen atoms in total. The zero-order valence-corrected chi connectivity index (χ0v) is 11.1. The number of nitrogens with two attached hydrogens (primary N) is 1. The van der Waals surface area contributed by atoms with E-state index in [0.717, 1.165) is 6.07 Å². The summed E-state index contributed by atoms with van der Waals surface area (Å²) in [5.74, 6) is -1.95. The molecule has 8 heteroatoms. The van der Waals surface area contributed by atoms with Crippen molar-refractivity contribution in [1.29, 1.82) is 0 Å². The summed E-state index contributed by atoms with van der Waals surface area (Å²) in [6, 6.07) is 2.14. The van der Waals surface area contributed by atoms with Crippen molar-refractivity contribution in [2.45, 2.75) is 6.92 Å². The monoisotopic (exact) mass is 294 g/mol. The van der Waals surface area contributed by atoms with Gasteiger partial charge in [-0.25, -0.2) is 12.8 Å². The van der Waals surface area contributed by atoms with Gasteiger partial charge in [-0.2, -0.15) is 0 Å². The Morgan fingerprint density at radius 3 is 2.61 bits per heavy atom. The van der Waals surface area contributed by atoms with Gasteiger partial charge in [-0.15, -0.1) is 11.6 Å². The lowest BCUT2D eigenvalue weighted by Gasteiger charge is -2.11. The number of carbonyl (C=O) groups excluding carboxylic acids is 1. The first-order valence-corrected chi connectivity index (χ1v) is 7.12. The lowest BCUT2D eigenvalue weighted by atomic mass is 10.1. The van der Waals surface area contributed by atoms with Crippen molar-refractivity contribution in [2.24, 2.45) is 5.73 Å². The Hall–Kier alpha value is -1.34. The minimum absolute atomic E-state index is 0.0195. The van der Waals surface area contributed by atoms with Gasteiger partial charge in [-0.3, -0.25) is 9.52 Å². The Labute approximate surface area is 109 Å². The third kappa shape index (κ3) is 3.58. The molecule has 1 aromatic rings. The van der Waals surface area contributed by atoms with Crippen LogP contribution in [0.5, 0.6) is 0 Å². The normalized spacial score (nSPS) is 11.3. The van der Waals surface area contributed by atoms with Crippen molar-refractivity contribution >= 4 is 33.2 Å². The van der Waals surface area contributed by atoms with Gasteiger partial charge in [0.05, 0.1) is 11.4 Å². The van der Waals surface area contributed by atoms with Crippen molar-refractivity contribution in [3.05, 3.63) is 29.1 Å². The summed E-state index contributed by atoms with van der Waals surface area (Å²) in [5.41, 5.74) is 4.97. The molecule has 100 valence electrons. The first-order valence-electron chi connectivity index (χ1n) is 4.93. The minimum atomic E-state index is -3.67. The molecule has 0 aliphatic heterocycles. The van der Waals surface area contributed by atoms with E-state index in [1.807, 2.05) is 0 Å². The van der Waals surface area contributed by atoms with Crippen molar-refractivity contribution in [1.82, 2.24) is 0 Å². The Balaban J connectivity index is 3.20. The van der Waals surface area contributed by atoms with E-state index >= 15 is 0 Å². The van der Waals surface area contributed by atoms with Crippen molar-refractivity contribution in [3.8, 4) is 0 Å². The van der Waals surface area contributed by atoms with Crippen LogP contribution >= 0.6 is 11.6 Å². The molecule has 1 amide bonds. The highest BCUT2D eigenvalue weighted by Gasteiger charge is 2.15. The maximum atomic E-state index is 13.5. The summed E-state index contributed by atoms with van der Waals surface area (Å²) in [4.78, 5) is 11.0. The fourth-order valence-electron chi connectivity index (χ4n) is 1.25. The van der Waals surface area contributed by atoms with Crippen LogP contribution < -0.4 is 10.5 Å². The number of hydrogen-bond donors (Lipinski definition) is 2. The number of nitrogens with one attached hydrogen (secondary N) is 1. The van der Waals surface area contributed by atoms with Gasteiger partial charge >= 0.3 is 0 Å². The predicted octanol–water partition coefficient (Wildman–Crippen LogP) is 1.21. The number of rotatable bonds is 5. The lowest BCUT2D eigenvalue weighted by Crippen LogP contribution is -2.19. The fraction of sp³-hybridized carbons (Fsp3) is 0.300. The summed E-state index contributed by atoms with van der Waals surface area (Å²) in [7, 11) is -3.67. The molecule has 0 bridgehead atoms. The van der Waals surface area contributed by atoms with E-state index < -0.39 is 21.7 Å². The molecule has 0 atom stereocenters. The number of benzene rings is 1. The molecule has 0 saturated carbocycles. The largest absolute Gasteiger partial charge is 0.366 e. The number of amides is 1. The molecule has 0 spiro atoms. The van der Waals surface area contributed by atoms with Crippen molar-refractivity contribution < 1.29 is 17.6 Å². The minimum Gasteiger partial charge on any atom is -0.366 e. The highest BCUT2D eigenvalue weighted by atomic mass is 35.5. The quantitative estimate of drug-likeness (QED) is 0.800. The van der Waals surface area contributed by atoms with E-state index in [1.165, 1.54) is 13.0 Å². The summed E-state index contributed by atoms with van der Waals surface area (Å²) in [6.07, 6.45) is 0. The molecule has 0 fully saturated rings. The van der Waals surface area contributed by atoms with Crippen LogP contribution in [0.15, 0.2) is 12.1 Å². The summed E-state index contributed by atoms with van der Waals surface area (Å²) >= 11 is 5.34. The first kappa shape index (κ1) is 14.7. The number of sulfonamides is 1. The van der Waals surface area contributed by atoms with Crippen LogP contribution in [0, 0.1) is 12.7 Å². The molecule has 0 unspecified atom stereocenters. The molecule has 0 aliphatic rings. The van der Waals surface area contributed by atoms with Gasteiger partial charge in [0.2, 0.25) is 15.9 Å². The zero-order valence-electron chi connectivity index (χ0n) is 9.54. The van der Waals surface area contributed by atoms with Crippen LogP contribution in [0.25, 0.3) is 0 Å². The molecule has 1 rings (SSSR count). The first-order chi connectivity index (χ1) is 8.26. The van der Waals surface area contributed by atoms with Crippen LogP contribution in [0.3, 0.4) is 0 Å². The van der Waals surface area contributed by atoms with Gasteiger partial charge in [0.25, 0.3) is 0 Å². The van der Waals surface area contributed by atoms with Crippen molar-refractivity contribution in [3.63, 3.8) is 0 Å². The number of carbonyl (C=O) groups is 1. The van der Waals surface area contributed by atoms with E-state index in [9.17, 15) is 17.6 Å². The molecule has 1 aromatic carbocycles. The molecule has 0 aromatic heterocycles. The van der Waals surface area contributed by atoms with E-state index in [2.05, 4.69) is 4.72 Å². The Morgan fingerprint density at radius 1 is 1.50 bits per heavy atom. The van der Waals surface area contributed by atoms with Gasteiger partial charge in [0.15, 0.2) is 0 Å². The Kier molecular flexibility index (Phi) is 4.53. The van der Waals surface area contributed by atoms with Gasteiger partial charge in [-0.05, 0) is 19.1 Å². The van der Waals surface area contributed by atoms with E-state index in [-0.39, 0.29) is 28.4 Å². The third-order valence-electron chi connectivity index (χ3n) is 2.24. The SMILES string of the molecule is Cc1c(F)cc(C(N)=O)cc1NS(=O)(=O)CCCl. The number of alkyl halides is 1. The van der Waals surface area contributed by atoms with Crippen LogP contribution in [0.4, 0.5) is 10.1 Å². The fourth-order valence-corrected chi connectivity index (χ4v) is 2.71. The highest BCUT2D eigenvalue weighted by molar-refractivity contribution is 7.92. The van der Waals surface area contributed by atoms with Crippen LogP contribution in [-0.4, -0.2) is 26.0 Å². The lowest BCUT2D eigenvalue weighted by molar-refractivity contribution is 0.1000. The molecule has 0 saturated heterocycles. The summed E-state index contributed by atoms with van der Waals surface area (Å²) < 4.78 is 38.7. The van der Waals surface area contributed by atoms with Crippen LogP contribution in [-0.2, 0) is 10.0 Å². The number of anilines is 1.